The maximum absolute atomic E-state index is 12.6. The fraction of sp³-hybridized carbons (Fsp3) is 0.857. The Morgan fingerprint density at radius 1 is 1.11 bits per heavy atom. The van der Waals surface area contributed by atoms with Crippen molar-refractivity contribution < 1.29 is 14.3 Å². The molecule has 0 N–H and O–H groups in total. The topological polar surface area (TPSA) is 49.9 Å². The second-order valence-electron chi connectivity index (χ2n) is 5.86. The number of carbonyl (C=O) groups is 2. The number of ether oxygens (including phenoxy) is 1. The Bertz CT molecular complexity index is 379. The van der Waals surface area contributed by atoms with Crippen LogP contribution in [0.2, 0.25) is 0 Å². The molecule has 0 spiro atoms. The molecule has 5 nitrogen and oxygen atoms in total. The lowest BCUT2D eigenvalue weighted by molar-refractivity contribution is -0.147. The Morgan fingerprint density at radius 3 is 2.63 bits per heavy atom. The van der Waals surface area contributed by atoms with Crippen molar-refractivity contribution in [3.05, 3.63) is 0 Å². The van der Waals surface area contributed by atoms with Gasteiger partial charge in [-0.2, -0.15) is 0 Å². The Kier molecular flexibility index (Phi) is 3.48. The van der Waals surface area contributed by atoms with E-state index in [0.717, 1.165) is 38.6 Å². The maximum Gasteiger partial charge on any atom is 0.245 e. The number of carbonyl (C=O) groups excluding carboxylic acids is 2. The predicted molar refractivity (Wildman–Crippen MR) is 69.5 cm³/mol. The molecule has 0 aromatic carbocycles. The lowest BCUT2D eigenvalue weighted by atomic mass is 9.87. The highest BCUT2D eigenvalue weighted by molar-refractivity contribution is 5.90. The molecule has 1 atom stereocenters. The van der Waals surface area contributed by atoms with Crippen LogP contribution < -0.4 is 0 Å². The van der Waals surface area contributed by atoms with Gasteiger partial charge in [0.2, 0.25) is 11.8 Å². The molecule has 19 heavy (non-hydrogen) atoms. The van der Waals surface area contributed by atoms with Crippen LogP contribution in [-0.2, 0) is 14.3 Å². The summed E-state index contributed by atoms with van der Waals surface area (Å²) in [5.41, 5.74) is 0. The molecule has 0 bridgehead atoms. The summed E-state index contributed by atoms with van der Waals surface area (Å²) in [6.45, 7) is 1.35. The Labute approximate surface area is 113 Å². The highest BCUT2D eigenvalue weighted by Gasteiger charge is 2.43. The average Bonchev–Trinajstić information content (AvgIpc) is 2.50. The summed E-state index contributed by atoms with van der Waals surface area (Å²) >= 11 is 0. The highest BCUT2D eigenvalue weighted by Crippen LogP contribution is 2.31. The minimum Gasteiger partial charge on any atom is -0.381 e. The van der Waals surface area contributed by atoms with Crippen molar-refractivity contribution in [2.45, 2.75) is 56.7 Å². The third kappa shape index (κ3) is 2.24. The number of rotatable bonds is 2. The Hall–Kier alpha value is -1.10. The number of methoxy groups -OCH3 is 1. The fourth-order valence-corrected chi connectivity index (χ4v) is 3.50. The van der Waals surface area contributed by atoms with E-state index in [9.17, 15) is 9.59 Å². The Balaban J connectivity index is 1.72. The summed E-state index contributed by atoms with van der Waals surface area (Å²) in [7, 11) is 1.72. The Morgan fingerprint density at radius 2 is 1.89 bits per heavy atom. The van der Waals surface area contributed by atoms with Crippen molar-refractivity contribution in [1.29, 1.82) is 0 Å². The van der Waals surface area contributed by atoms with Gasteiger partial charge >= 0.3 is 0 Å². The molecule has 1 aliphatic carbocycles. The summed E-state index contributed by atoms with van der Waals surface area (Å²) in [5, 5.41) is 0. The average molecular weight is 266 g/mol. The van der Waals surface area contributed by atoms with E-state index in [0.29, 0.717) is 19.1 Å². The van der Waals surface area contributed by atoms with Gasteiger partial charge in [-0.1, -0.05) is 0 Å². The predicted octanol–water partition coefficient (Wildman–Crippen LogP) is 0.777. The molecule has 106 valence electrons. The van der Waals surface area contributed by atoms with Crippen LogP contribution in [0.15, 0.2) is 0 Å². The largest absolute Gasteiger partial charge is 0.381 e. The van der Waals surface area contributed by atoms with E-state index in [1.165, 1.54) is 0 Å². The molecule has 1 saturated carbocycles. The molecule has 3 fully saturated rings. The van der Waals surface area contributed by atoms with Crippen LogP contribution in [-0.4, -0.2) is 60.0 Å². The highest BCUT2D eigenvalue weighted by atomic mass is 16.5. The van der Waals surface area contributed by atoms with E-state index < -0.39 is 0 Å². The summed E-state index contributed by atoms with van der Waals surface area (Å²) in [6, 6.07) is 0.0949. The molecule has 1 unspecified atom stereocenters. The number of nitrogens with zero attached hydrogens (tertiary/aromatic N) is 2. The van der Waals surface area contributed by atoms with E-state index in [1.807, 2.05) is 9.80 Å². The van der Waals surface area contributed by atoms with Gasteiger partial charge in [0, 0.05) is 32.7 Å². The number of hydrogen-bond acceptors (Lipinski definition) is 3. The first-order valence-electron chi connectivity index (χ1n) is 7.33. The SMILES string of the molecule is COC1CC(N2CCC(=O)N3CCCCC3C2=O)C1. The summed E-state index contributed by atoms with van der Waals surface area (Å²) in [6.07, 6.45) is 5.54. The van der Waals surface area contributed by atoms with Gasteiger partial charge in [0.1, 0.15) is 6.04 Å². The summed E-state index contributed by atoms with van der Waals surface area (Å²) in [4.78, 5) is 28.5. The maximum atomic E-state index is 12.6. The number of fused-ring (bicyclic) bond motifs is 1. The summed E-state index contributed by atoms with van der Waals surface area (Å²) in [5.74, 6) is 0.327. The van der Waals surface area contributed by atoms with Crippen LogP contribution in [0.3, 0.4) is 0 Å². The molecule has 2 aliphatic heterocycles. The molecule has 0 aromatic heterocycles. The summed E-state index contributed by atoms with van der Waals surface area (Å²) < 4.78 is 5.29. The van der Waals surface area contributed by atoms with Crippen molar-refractivity contribution in [3.63, 3.8) is 0 Å². The zero-order valence-electron chi connectivity index (χ0n) is 11.5. The molecular formula is C14H22N2O3. The standard InChI is InChI=1S/C14H22N2O3/c1-19-11-8-10(9-11)15-7-5-13(17)16-6-3-2-4-12(16)14(15)18/h10-12H,2-9H2,1H3. The van der Waals surface area contributed by atoms with Crippen LogP contribution in [0.1, 0.15) is 38.5 Å². The number of amides is 2. The van der Waals surface area contributed by atoms with Crippen LogP contribution in [0.4, 0.5) is 0 Å². The van der Waals surface area contributed by atoms with Gasteiger partial charge in [0.05, 0.1) is 6.10 Å². The van der Waals surface area contributed by atoms with E-state index in [2.05, 4.69) is 0 Å². The van der Waals surface area contributed by atoms with Crippen molar-refractivity contribution in [1.82, 2.24) is 9.80 Å². The van der Waals surface area contributed by atoms with Crippen molar-refractivity contribution in [2.75, 3.05) is 20.2 Å². The zero-order valence-corrected chi connectivity index (χ0v) is 11.5. The minimum atomic E-state index is -0.189. The minimum absolute atomic E-state index is 0.156. The first-order chi connectivity index (χ1) is 9.20. The molecule has 2 heterocycles. The van der Waals surface area contributed by atoms with Gasteiger partial charge in [-0.15, -0.1) is 0 Å². The van der Waals surface area contributed by atoms with Crippen LogP contribution in [0, 0.1) is 0 Å². The van der Waals surface area contributed by atoms with Gasteiger partial charge < -0.3 is 14.5 Å². The number of hydrogen-bond donors (Lipinski definition) is 0. The second-order valence-corrected chi connectivity index (χ2v) is 5.86. The smallest absolute Gasteiger partial charge is 0.245 e. The van der Waals surface area contributed by atoms with Crippen molar-refractivity contribution in [3.8, 4) is 0 Å². The zero-order chi connectivity index (χ0) is 13.4. The first kappa shape index (κ1) is 12.9. The van der Waals surface area contributed by atoms with Gasteiger partial charge in [-0.25, -0.2) is 0 Å². The normalized spacial score (nSPS) is 35.7. The van der Waals surface area contributed by atoms with Crippen LogP contribution in [0.5, 0.6) is 0 Å². The van der Waals surface area contributed by atoms with Crippen LogP contribution in [0.25, 0.3) is 0 Å². The molecule has 0 aromatic rings. The lowest BCUT2D eigenvalue weighted by Gasteiger charge is -2.43. The molecule has 2 amide bonds. The van der Waals surface area contributed by atoms with E-state index in [4.69, 9.17) is 4.74 Å². The van der Waals surface area contributed by atoms with Gasteiger partial charge in [-0.05, 0) is 32.1 Å². The van der Waals surface area contributed by atoms with Crippen molar-refractivity contribution >= 4 is 11.8 Å². The molecule has 5 heteroatoms. The van der Waals surface area contributed by atoms with Crippen LogP contribution >= 0.6 is 0 Å². The molecule has 0 radical (unpaired) electrons. The monoisotopic (exact) mass is 266 g/mol. The van der Waals surface area contributed by atoms with Gasteiger partial charge in [-0.3, -0.25) is 9.59 Å². The van der Waals surface area contributed by atoms with Crippen molar-refractivity contribution in [2.24, 2.45) is 0 Å². The van der Waals surface area contributed by atoms with E-state index in [-0.39, 0.29) is 23.9 Å². The third-order valence-electron chi connectivity index (χ3n) is 4.80. The van der Waals surface area contributed by atoms with Gasteiger partial charge in [0.15, 0.2) is 0 Å². The van der Waals surface area contributed by atoms with E-state index >= 15 is 0 Å². The quantitative estimate of drug-likeness (QED) is 0.742. The molecule has 3 rings (SSSR count). The fourth-order valence-electron chi connectivity index (χ4n) is 3.50. The second kappa shape index (κ2) is 5.12. The molecule has 2 saturated heterocycles. The molecular weight excluding hydrogens is 244 g/mol. The third-order valence-corrected chi connectivity index (χ3v) is 4.80. The van der Waals surface area contributed by atoms with E-state index in [1.54, 1.807) is 7.11 Å². The number of piperidine rings is 1. The van der Waals surface area contributed by atoms with Gasteiger partial charge in [0.25, 0.3) is 0 Å². The first-order valence-corrected chi connectivity index (χ1v) is 7.33. The molecule has 3 aliphatic rings. The lowest BCUT2D eigenvalue weighted by Crippen LogP contribution is -2.55.